The van der Waals surface area contributed by atoms with Crippen molar-refractivity contribution in [3.8, 4) is 0 Å². The van der Waals surface area contributed by atoms with Gasteiger partial charge in [0.1, 0.15) is 4.90 Å². The summed E-state index contributed by atoms with van der Waals surface area (Å²) in [4.78, 5) is 0.381. The number of anilines is 1. The smallest absolute Gasteiger partial charge is 0.242 e. The molecule has 0 radical (unpaired) electrons. The lowest BCUT2D eigenvalue weighted by atomic mass is 9.74. The second-order valence-electron chi connectivity index (χ2n) is 6.00. The lowest BCUT2D eigenvalue weighted by Crippen LogP contribution is -2.44. The Morgan fingerprint density at radius 2 is 1.95 bits per heavy atom. The number of hydrogen-bond acceptors (Lipinski definition) is 3. The highest BCUT2D eigenvalue weighted by molar-refractivity contribution is 7.89. The quantitative estimate of drug-likeness (QED) is 0.848. The molecule has 0 amide bonds. The molecule has 0 saturated heterocycles. The number of hydrogen-bond donors (Lipinski definition) is 2. The van der Waals surface area contributed by atoms with Crippen LogP contribution in [0.15, 0.2) is 29.2 Å². The van der Waals surface area contributed by atoms with Crippen LogP contribution in [0.4, 0.5) is 5.69 Å². The molecule has 110 valence electrons. The van der Waals surface area contributed by atoms with E-state index in [1.807, 2.05) is 12.1 Å². The highest BCUT2D eigenvalue weighted by atomic mass is 32.2. The second-order valence-corrected chi connectivity index (χ2v) is 7.69. The third-order valence-electron chi connectivity index (χ3n) is 4.46. The molecule has 4 nitrogen and oxygen atoms in total. The van der Waals surface area contributed by atoms with Gasteiger partial charge in [0, 0.05) is 11.6 Å². The van der Waals surface area contributed by atoms with Crippen molar-refractivity contribution >= 4 is 15.7 Å². The van der Waals surface area contributed by atoms with Crippen molar-refractivity contribution in [1.29, 1.82) is 0 Å². The molecule has 5 heteroatoms. The Bertz CT molecular complexity index is 584. The fraction of sp³-hybridized carbons (Fsp3) is 0.600. The maximum atomic E-state index is 12.4. The van der Waals surface area contributed by atoms with Crippen LogP contribution in [-0.2, 0) is 10.0 Å². The van der Waals surface area contributed by atoms with E-state index < -0.39 is 10.0 Å². The van der Waals surface area contributed by atoms with E-state index in [1.54, 1.807) is 12.1 Å². The van der Waals surface area contributed by atoms with Crippen LogP contribution in [0, 0.1) is 0 Å². The number of rotatable bonds is 6. The van der Waals surface area contributed by atoms with Crippen molar-refractivity contribution in [2.45, 2.75) is 61.9 Å². The van der Waals surface area contributed by atoms with Gasteiger partial charge < -0.3 is 5.32 Å². The summed E-state index contributed by atoms with van der Waals surface area (Å²) in [6.45, 7) is 2.16. The van der Waals surface area contributed by atoms with Gasteiger partial charge in [-0.15, -0.1) is 0 Å². The predicted octanol–water partition coefficient (Wildman–Crippen LogP) is 2.87. The first-order valence-corrected chi connectivity index (χ1v) is 8.93. The standard InChI is InChI=1S/C15H22N2O2S/c1-2-15(10-5-11-15)16-13-6-3-4-7-14(13)20(18,19)17-12-8-9-12/h3-4,6-7,12,16-17H,2,5,8-11H2,1H3. The Morgan fingerprint density at radius 3 is 2.50 bits per heavy atom. The van der Waals surface area contributed by atoms with E-state index in [9.17, 15) is 8.42 Å². The highest BCUT2D eigenvalue weighted by Gasteiger charge is 2.36. The molecule has 1 aromatic rings. The van der Waals surface area contributed by atoms with Gasteiger partial charge >= 0.3 is 0 Å². The van der Waals surface area contributed by atoms with Crippen LogP contribution in [0.3, 0.4) is 0 Å². The summed E-state index contributed by atoms with van der Waals surface area (Å²) in [5.74, 6) is 0. The number of nitrogens with one attached hydrogen (secondary N) is 2. The zero-order chi connectivity index (χ0) is 14.2. The van der Waals surface area contributed by atoms with Crippen molar-refractivity contribution in [1.82, 2.24) is 4.72 Å². The molecule has 1 aromatic carbocycles. The van der Waals surface area contributed by atoms with E-state index in [4.69, 9.17) is 0 Å². The third kappa shape index (κ3) is 2.69. The van der Waals surface area contributed by atoms with E-state index in [2.05, 4.69) is 17.0 Å². The zero-order valence-corrected chi connectivity index (χ0v) is 12.7. The summed E-state index contributed by atoms with van der Waals surface area (Å²) >= 11 is 0. The molecular formula is C15H22N2O2S. The summed E-state index contributed by atoms with van der Waals surface area (Å²) in [5, 5.41) is 3.49. The van der Waals surface area contributed by atoms with Gasteiger partial charge in [0.25, 0.3) is 0 Å². The first kappa shape index (κ1) is 13.9. The average molecular weight is 294 g/mol. The fourth-order valence-electron chi connectivity index (χ4n) is 2.74. The Balaban J connectivity index is 1.87. The minimum atomic E-state index is -3.40. The van der Waals surface area contributed by atoms with E-state index >= 15 is 0 Å². The summed E-state index contributed by atoms with van der Waals surface area (Å²) in [6, 6.07) is 7.37. The molecule has 2 aliphatic rings. The summed E-state index contributed by atoms with van der Waals surface area (Å²) in [7, 11) is -3.40. The number of sulfonamides is 1. The van der Waals surface area contributed by atoms with Crippen LogP contribution < -0.4 is 10.0 Å². The van der Waals surface area contributed by atoms with Gasteiger partial charge in [-0.05, 0) is 50.7 Å². The summed E-state index contributed by atoms with van der Waals surface area (Å²) in [6.07, 6.45) is 6.39. The second kappa shape index (κ2) is 5.04. The molecule has 2 N–H and O–H groups in total. The van der Waals surface area contributed by atoms with Crippen molar-refractivity contribution in [2.75, 3.05) is 5.32 Å². The van der Waals surface area contributed by atoms with Crippen LogP contribution in [0.1, 0.15) is 45.4 Å². The highest BCUT2D eigenvalue weighted by Crippen LogP contribution is 2.39. The number of para-hydroxylation sites is 1. The molecule has 0 bridgehead atoms. The van der Waals surface area contributed by atoms with Crippen LogP contribution in [-0.4, -0.2) is 20.0 Å². The average Bonchev–Trinajstić information content (AvgIpc) is 3.17. The molecule has 0 aliphatic heterocycles. The van der Waals surface area contributed by atoms with Gasteiger partial charge in [0.05, 0.1) is 5.69 Å². The molecule has 0 unspecified atom stereocenters. The Kier molecular flexibility index (Phi) is 3.50. The maximum absolute atomic E-state index is 12.4. The van der Waals surface area contributed by atoms with E-state index in [-0.39, 0.29) is 11.6 Å². The first-order chi connectivity index (χ1) is 9.55. The molecule has 0 spiro atoms. The zero-order valence-electron chi connectivity index (χ0n) is 11.9. The molecule has 2 saturated carbocycles. The topological polar surface area (TPSA) is 58.2 Å². The first-order valence-electron chi connectivity index (χ1n) is 7.44. The Morgan fingerprint density at radius 1 is 1.25 bits per heavy atom. The minimum Gasteiger partial charge on any atom is -0.379 e. The van der Waals surface area contributed by atoms with Crippen LogP contribution in [0.5, 0.6) is 0 Å². The van der Waals surface area contributed by atoms with Crippen LogP contribution >= 0.6 is 0 Å². The molecule has 20 heavy (non-hydrogen) atoms. The molecule has 0 atom stereocenters. The fourth-order valence-corrected chi connectivity index (χ4v) is 4.21. The molecule has 0 heterocycles. The van der Waals surface area contributed by atoms with Crippen molar-refractivity contribution in [3.63, 3.8) is 0 Å². The molecule has 2 aliphatic carbocycles. The minimum absolute atomic E-state index is 0.0885. The third-order valence-corrected chi connectivity index (χ3v) is 6.04. The van der Waals surface area contributed by atoms with Gasteiger partial charge in [-0.2, -0.15) is 0 Å². The van der Waals surface area contributed by atoms with E-state index in [0.29, 0.717) is 4.90 Å². The van der Waals surface area contributed by atoms with Crippen LogP contribution in [0.2, 0.25) is 0 Å². The maximum Gasteiger partial charge on any atom is 0.242 e. The van der Waals surface area contributed by atoms with Crippen molar-refractivity contribution in [2.24, 2.45) is 0 Å². The van der Waals surface area contributed by atoms with Gasteiger partial charge in [0.15, 0.2) is 0 Å². The lowest BCUT2D eigenvalue weighted by molar-refractivity contribution is 0.269. The van der Waals surface area contributed by atoms with Crippen molar-refractivity contribution in [3.05, 3.63) is 24.3 Å². The molecular weight excluding hydrogens is 272 g/mol. The molecule has 2 fully saturated rings. The van der Waals surface area contributed by atoms with Crippen LogP contribution in [0.25, 0.3) is 0 Å². The van der Waals surface area contributed by atoms with E-state index in [1.165, 1.54) is 6.42 Å². The lowest BCUT2D eigenvalue weighted by Gasteiger charge is -2.43. The van der Waals surface area contributed by atoms with Gasteiger partial charge in [-0.1, -0.05) is 19.1 Å². The SMILES string of the molecule is CCC1(Nc2ccccc2S(=O)(=O)NC2CC2)CCC1. The number of benzene rings is 1. The normalized spacial score (nSPS) is 21.2. The largest absolute Gasteiger partial charge is 0.379 e. The Hall–Kier alpha value is -1.07. The summed E-state index contributed by atoms with van der Waals surface area (Å²) < 4.78 is 27.6. The van der Waals surface area contributed by atoms with E-state index in [0.717, 1.165) is 37.8 Å². The van der Waals surface area contributed by atoms with Gasteiger partial charge in [0.2, 0.25) is 10.0 Å². The Labute approximate surface area is 121 Å². The summed E-state index contributed by atoms with van der Waals surface area (Å²) in [5.41, 5.74) is 0.827. The predicted molar refractivity (Wildman–Crippen MR) is 80.3 cm³/mol. The van der Waals surface area contributed by atoms with Gasteiger partial charge in [-0.25, -0.2) is 13.1 Å². The monoisotopic (exact) mass is 294 g/mol. The molecule has 3 rings (SSSR count). The van der Waals surface area contributed by atoms with Crippen molar-refractivity contribution < 1.29 is 8.42 Å². The van der Waals surface area contributed by atoms with Gasteiger partial charge in [-0.3, -0.25) is 0 Å². The molecule has 0 aromatic heterocycles.